The molecule has 0 bridgehead atoms. The van der Waals surface area contributed by atoms with E-state index in [9.17, 15) is 0 Å². The lowest BCUT2D eigenvalue weighted by Gasteiger charge is -2.12. The molecule has 6 nitrogen and oxygen atoms in total. The van der Waals surface area contributed by atoms with Crippen molar-refractivity contribution < 1.29 is 0 Å². The topological polar surface area (TPSA) is 29.6 Å². The zero-order valence-electron chi connectivity index (χ0n) is 74.9. The summed E-state index contributed by atoms with van der Waals surface area (Å²) in [7, 11) is 0. The van der Waals surface area contributed by atoms with Gasteiger partial charge in [0.2, 0.25) is 0 Å². The van der Waals surface area contributed by atoms with Gasteiger partial charge in [0.25, 0.3) is 0 Å². The molecule has 0 N–H and O–H groups in total. The third kappa shape index (κ3) is 11.0. The van der Waals surface area contributed by atoms with Gasteiger partial charge in [-0.15, -0.1) is 0 Å². The summed E-state index contributed by atoms with van der Waals surface area (Å²) >= 11 is 0. The van der Waals surface area contributed by atoms with Gasteiger partial charge in [-0.2, -0.15) is 0 Å². The van der Waals surface area contributed by atoms with E-state index < -0.39 is 0 Å². The van der Waals surface area contributed by atoms with E-state index in [0.717, 1.165) is 0 Å². The SMILES string of the molecule is c1ccc(-n2c3cc(-n4c5ccccc5c5ccccc54)ccc3c3cc4c5c(cccc5c32)-c2ccccc2-4)cc1.c1ccc(-n2c3ccccc3c3cc(-c4ccc5c(c4)c4cc6c7c(cccc7c4n5-c4ccccc4)-c4ccccc4-6)ccc32)cc1.c1ccc(-n2c3ccccc3c3cc(-c4ccc5c6cc7c8c(cccc8c6n(-c6ccccc6)c5c4)-c4ccccc4-7)ccc32)cc1. The molecule has 0 radical (unpaired) electrons. The second-order valence-corrected chi connectivity index (χ2v) is 37.2. The third-order valence-electron chi connectivity index (χ3n) is 30.1. The first-order chi connectivity index (χ1) is 68.5. The maximum atomic E-state index is 2.49. The number of rotatable bonds is 8. The summed E-state index contributed by atoms with van der Waals surface area (Å²) in [4.78, 5) is 0. The molecule has 23 aromatic carbocycles. The number of hydrogen-bond donors (Lipinski definition) is 0. The summed E-state index contributed by atoms with van der Waals surface area (Å²) in [6.07, 6.45) is 0. The lowest BCUT2D eigenvalue weighted by molar-refractivity contribution is 1.16. The fourth-order valence-electron chi connectivity index (χ4n) is 24.4. The molecular formula is C132H80N6. The lowest BCUT2D eigenvalue weighted by atomic mass is 9.97. The van der Waals surface area contributed by atoms with Crippen molar-refractivity contribution in [1.29, 1.82) is 0 Å². The molecule has 0 saturated carbocycles. The van der Waals surface area contributed by atoms with Crippen molar-refractivity contribution in [3.05, 3.63) is 485 Å². The van der Waals surface area contributed by atoms with E-state index in [1.54, 1.807) is 0 Å². The average Bonchev–Trinajstić information content (AvgIpc) is 1.54. The van der Waals surface area contributed by atoms with Crippen LogP contribution in [0.4, 0.5) is 0 Å². The predicted molar refractivity (Wildman–Crippen MR) is 582 cm³/mol. The third-order valence-corrected chi connectivity index (χ3v) is 30.1. The Morgan fingerprint density at radius 2 is 0.326 bits per heavy atom. The molecule has 29 aromatic rings. The largest absolute Gasteiger partial charge is 0.309 e. The molecule has 0 spiro atoms. The average molecular weight is 1750 g/mol. The Kier molecular flexibility index (Phi) is 16.3. The Labute approximate surface area is 793 Å². The van der Waals surface area contributed by atoms with Crippen LogP contribution in [0, 0.1) is 0 Å². The van der Waals surface area contributed by atoms with E-state index in [0.29, 0.717) is 0 Å². The van der Waals surface area contributed by atoms with Gasteiger partial charge in [-0.05, 0) is 263 Å². The van der Waals surface area contributed by atoms with Crippen LogP contribution < -0.4 is 0 Å². The quantitative estimate of drug-likeness (QED) is 0.145. The Balaban J connectivity index is 0.0000000981. The summed E-state index contributed by atoms with van der Waals surface area (Å²) in [5, 5.41) is 23.3. The minimum Gasteiger partial charge on any atom is -0.309 e. The highest BCUT2D eigenvalue weighted by molar-refractivity contribution is 6.32. The van der Waals surface area contributed by atoms with E-state index >= 15 is 0 Å². The lowest BCUT2D eigenvalue weighted by Crippen LogP contribution is -1.97. The first kappa shape index (κ1) is 76.2. The summed E-state index contributed by atoms with van der Waals surface area (Å²) in [5.74, 6) is 0. The standard InChI is InChI=1S/2C46H28N2.C40H24N2/c1-3-12-31(13-4-1)47-42-21-10-9-18-35(42)39-26-29(23-25-43(39)47)30-22-24-36-41-28-40-34-17-8-7-16-33(34)37-19-11-20-38(45(37)40)46(41)48(44(36)27-30)32-14-5-2-6-15-32;1-3-12-31(13-4-1)47-42-21-10-9-18-35(42)38-26-29(22-24-43(38)47)30-23-25-44-39(27-30)41-28-40-34-17-8-7-16-33(34)36-19-11-20-37(45(36)40)46(41)48(44)32-14-5-2-6-15-32;1-2-11-25(12-3-1)42-38-23-26(41-36-19-8-6-15-29(36)30-16-7-9-20-37(30)41)21-22-31(38)35-24-34-28-14-5-4-13-27(28)32-17-10-18-33(39(32)34)40(35)42/h2*1-28H;1-24H. The van der Waals surface area contributed by atoms with Gasteiger partial charge in [0.15, 0.2) is 0 Å². The zero-order valence-corrected chi connectivity index (χ0v) is 74.9. The summed E-state index contributed by atoms with van der Waals surface area (Å²) < 4.78 is 14.6. The highest BCUT2D eigenvalue weighted by atomic mass is 15.0. The maximum Gasteiger partial charge on any atom is 0.0620 e. The minimum absolute atomic E-state index is 1.17. The van der Waals surface area contributed by atoms with Gasteiger partial charge < -0.3 is 27.4 Å². The number of nitrogens with zero attached hydrogens (tertiary/aromatic N) is 6. The van der Waals surface area contributed by atoms with Crippen LogP contribution in [-0.2, 0) is 0 Å². The Hall–Kier alpha value is -18.4. The molecular weight excluding hydrogens is 1670 g/mol. The number of hydrogen-bond acceptors (Lipinski definition) is 0. The van der Waals surface area contributed by atoms with Gasteiger partial charge in [-0.25, -0.2) is 0 Å². The highest BCUT2D eigenvalue weighted by Gasteiger charge is 2.32. The second-order valence-electron chi connectivity index (χ2n) is 37.2. The van der Waals surface area contributed by atoms with Crippen molar-refractivity contribution in [2.75, 3.05) is 0 Å². The monoisotopic (exact) mass is 1750 g/mol. The summed E-state index contributed by atoms with van der Waals surface area (Å²) in [6.45, 7) is 0. The highest BCUT2D eigenvalue weighted by Crippen LogP contribution is 2.56. The van der Waals surface area contributed by atoms with Gasteiger partial charge in [-0.1, -0.05) is 328 Å². The van der Waals surface area contributed by atoms with Crippen molar-refractivity contribution in [3.8, 4) is 123 Å². The molecule has 0 atom stereocenters. The van der Waals surface area contributed by atoms with Gasteiger partial charge in [0, 0.05) is 115 Å². The predicted octanol–water partition coefficient (Wildman–Crippen LogP) is 35.4. The number of aromatic nitrogens is 6. The first-order valence-corrected chi connectivity index (χ1v) is 47.8. The molecule has 0 amide bonds. The number of fused-ring (bicyclic) bond motifs is 30. The van der Waals surface area contributed by atoms with Gasteiger partial charge in [0.05, 0.1) is 66.2 Å². The normalized spacial score (nSPS) is 12.2. The van der Waals surface area contributed by atoms with Gasteiger partial charge in [0.1, 0.15) is 0 Å². The molecule has 0 unspecified atom stereocenters. The molecule has 138 heavy (non-hydrogen) atoms. The van der Waals surface area contributed by atoms with E-state index in [4.69, 9.17) is 0 Å². The molecule has 6 heterocycles. The van der Waals surface area contributed by atoms with E-state index in [1.165, 1.54) is 286 Å². The van der Waals surface area contributed by atoms with Crippen molar-refractivity contribution in [2.45, 2.75) is 0 Å². The van der Waals surface area contributed by atoms with Crippen molar-refractivity contribution in [3.63, 3.8) is 0 Å². The molecule has 32 rings (SSSR count). The van der Waals surface area contributed by atoms with Crippen LogP contribution in [0.1, 0.15) is 0 Å². The van der Waals surface area contributed by atoms with E-state index in [1.807, 2.05) is 0 Å². The fourth-order valence-corrected chi connectivity index (χ4v) is 24.4. The maximum absolute atomic E-state index is 2.49. The van der Waals surface area contributed by atoms with Crippen molar-refractivity contribution in [2.24, 2.45) is 0 Å². The first-order valence-electron chi connectivity index (χ1n) is 47.8. The van der Waals surface area contributed by atoms with Crippen LogP contribution in [0.15, 0.2) is 485 Å². The molecule has 0 fully saturated rings. The van der Waals surface area contributed by atoms with Crippen LogP contribution in [0.25, 0.3) is 286 Å². The minimum atomic E-state index is 1.17. The van der Waals surface area contributed by atoms with E-state index in [-0.39, 0.29) is 0 Å². The van der Waals surface area contributed by atoms with Crippen LogP contribution >= 0.6 is 0 Å². The Morgan fingerprint density at radius 3 is 0.688 bits per heavy atom. The van der Waals surface area contributed by atoms with Crippen molar-refractivity contribution in [1.82, 2.24) is 27.4 Å². The fraction of sp³-hybridized carbons (Fsp3) is 0. The molecule has 6 aromatic heterocycles. The number of para-hydroxylation sites is 9. The summed E-state index contributed by atoms with van der Waals surface area (Å²) in [5.41, 5.74) is 42.6. The second kappa shape index (κ2) is 29.6. The summed E-state index contributed by atoms with van der Waals surface area (Å²) in [6, 6.07) is 178. The molecule has 0 aliphatic heterocycles. The Bertz CT molecular complexity index is 10200. The number of benzene rings is 23. The smallest absolute Gasteiger partial charge is 0.0620 e. The van der Waals surface area contributed by atoms with Crippen LogP contribution in [0.3, 0.4) is 0 Å². The molecule has 638 valence electrons. The zero-order chi connectivity index (χ0) is 90.1. The van der Waals surface area contributed by atoms with Gasteiger partial charge >= 0.3 is 0 Å². The van der Waals surface area contributed by atoms with E-state index in [2.05, 4.69) is 513 Å². The van der Waals surface area contributed by atoms with Gasteiger partial charge in [-0.3, -0.25) is 0 Å². The molecule has 0 saturated heterocycles. The van der Waals surface area contributed by atoms with Crippen LogP contribution in [0.5, 0.6) is 0 Å². The van der Waals surface area contributed by atoms with Crippen LogP contribution in [0.2, 0.25) is 0 Å². The molecule has 3 aliphatic rings. The molecule has 6 heteroatoms. The Morgan fingerprint density at radius 1 is 0.101 bits per heavy atom. The molecule has 3 aliphatic carbocycles. The van der Waals surface area contributed by atoms with Crippen LogP contribution in [-0.4, -0.2) is 27.4 Å². The van der Waals surface area contributed by atoms with Crippen molar-refractivity contribution >= 4 is 163 Å².